The van der Waals surface area contributed by atoms with Gasteiger partial charge in [-0.1, -0.05) is 30.3 Å². The van der Waals surface area contributed by atoms with Crippen LogP contribution < -0.4 is 20.3 Å². The van der Waals surface area contributed by atoms with Gasteiger partial charge in [-0.15, -0.1) is 0 Å². The third-order valence-corrected chi connectivity index (χ3v) is 7.78. The van der Waals surface area contributed by atoms with Crippen LogP contribution in [0.3, 0.4) is 0 Å². The minimum atomic E-state index is -4.03. The van der Waals surface area contributed by atoms with Gasteiger partial charge < -0.3 is 20.6 Å². The first-order valence-corrected chi connectivity index (χ1v) is 13.7. The number of benzene rings is 2. The van der Waals surface area contributed by atoms with E-state index in [0.29, 0.717) is 31.6 Å². The largest absolute Gasteiger partial charge is 0.480 e. The summed E-state index contributed by atoms with van der Waals surface area (Å²) in [6.45, 7) is 0.357. The number of carbonyl (C=O) groups excluding carboxylic acids is 2. The van der Waals surface area contributed by atoms with E-state index in [1.807, 2.05) is 12.1 Å². The van der Waals surface area contributed by atoms with Crippen molar-refractivity contribution in [3.8, 4) is 0 Å². The average Bonchev–Trinajstić information content (AvgIpc) is 2.94. The summed E-state index contributed by atoms with van der Waals surface area (Å²) in [5, 5.41) is 16.9. The molecule has 1 unspecified atom stereocenters. The van der Waals surface area contributed by atoms with Crippen molar-refractivity contribution in [2.45, 2.75) is 23.8 Å². The molecule has 2 amide bonds. The Kier molecular flexibility index (Phi) is 8.66. The molecule has 1 aliphatic heterocycles. The molecule has 1 atom stereocenters. The molecule has 0 bridgehead atoms. The number of anilines is 1. The lowest BCUT2D eigenvalue weighted by Gasteiger charge is -2.31. The fraction of sp³-hybridized carbons (Fsp3) is 0.308. The van der Waals surface area contributed by atoms with E-state index in [1.165, 1.54) is 29.4 Å². The van der Waals surface area contributed by atoms with Gasteiger partial charge in [0.1, 0.15) is 6.04 Å². The van der Waals surface area contributed by atoms with E-state index in [-0.39, 0.29) is 23.3 Å². The van der Waals surface area contributed by atoms with Crippen LogP contribution in [0.2, 0.25) is 0 Å². The highest BCUT2D eigenvalue weighted by Crippen LogP contribution is 2.22. The highest BCUT2D eigenvalue weighted by atomic mass is 32.2. The number of amides is 2. The summed E-state index contributed by atoms with van der Waals surface area (Å²) < 4.78 is 27.7. The molecule has 200 valence electrons. The van der Waals surface area contributed by atoms with Crippen molar-refractivity contribution in [2.75, 3.05) is 31.1 Å². The van der Waals surface area contributed by atoms with E-state index in [4.69, 9.17) is 0 Å². The Morgan fingerprint density at radius 1 is 1.03 bits per heavy atom. The molecule has 2 aromatic carbocycles. The number of piperidine rings is 1. The molecule has 0 saturated carbocycles. The number of carboxylic acids is 1. The second-order valence-electron chi connectivity index (χ2n) is 8.97. The van der Waals surface area contributed by atoms with Gasteiger partial charge in [0.15, 0.2) is 0 Å². The Balaban J connectivity index is 1.44. The van der Waals surface area contributed by atoms with Crippen LogP contribution in [-0.4, -0.2) is 68.5 Å². The lowest BCUT2D eigenvalue weighted by molar-refractivity contribution is -0.141. The van der Waals surface area contributed by atoms with E-state index in [9.17, 15) is 27.9 Å². The lowest BCUT2D eigenvalue weighted by Crippen LogP contribution is -2.53. The number of hydrogen-bond donors (Lipinski definition) is 4. The van der Waals surface area contributed by atoms with Crippen molar-refractivity contribution in [1.29, 1.82) is 0 Å². The first-order valence-electron chi connectivity index (χ1n) is 12.2. The van der Waals surface area contributed by atoms with Gasteiger partial charge in [-0.05, 0) is 61.0 Å². The number of carboxylic acid groups (broad SMARTS) is 1. The maximum absolute atomic E-state index is 13.3. The van der Waals surface area contributed by atoms with Crippen molar-refractivity contribution in [3.05, 3.63) is 67.0 Å². The van der Waals surface area contributed by atoms with Gasteiger partial charge in [-0.3, -0.25) is 14.6 Å². The molecular weight excluding hydrogens is 510 g/mol. The Bertz CT molecular complexity index is 1410. The van der Waals surface area contributed by atoms with E-state index in [0.717, 1.165) is 10.8 Å². The number of nitrogens with one attached hydrogen (secondary N) is 3. The van der Waals surface area contributed by atoms with E-state index < -0.39 is 34.5 Å². The topological polar surface area (TPSA) is 158 Å². The monoisotopic (exact) mass is 539 g/mol. The predicted octanol–water partition coefficient (Wildman–Crippen LogP) is 1.12. The third kappa shape index (κ3) is 6.71. The molecule has 2 heterocycles. The molecule has 12 heteroatoms. The number of hydrogen-bond acceptors (Lipinski definition) is 7. The fourth-order valence-corrected chi connectivity index (χ4v) is 5.34. The third-order valence-electron chi connectivity index (χ3n) is 6.38. The van der Waals surface area contributed by atoms with E-state index in [1.54, 1.807) is 30.3 Å². The first kappa shape index (κ1) is 27.2. The molecule has 1 aromatic heterocycles. The summed E-state index contributed by atoms with van der Waals surface area (Å²) in [6, 6.07) is 13.6. The maximum Gasteiger partial charge on any atom is 0.328 e. The number of carbonyl (C=O) groups is 3. The van der Waals surface area contributed by atoms with Crippen LogP contribution in [0.5, 0.6) is 0 Å². The summed E-state index contributed by atoms with van der Waals surface area (Å²) in [6.07, 6.45) is 4.21. The Labute approximate surface area is 220 Å². The van der Waals surface area contributed by atoms with Crippen LogP contribution in [0.25, 0.3) is 10.8 Å². The van der Waals surface area contributed by atoms with Crippen molar-refractivity contribution in [2.24, 2.45) is 5.92 Å². The standard InChI is InChI=1S/C26H29N5O6S/c32-24(16-29-38(36,37)22-6-5-18-3-1-2-4-20(18)15-22)30-23(26(34)35)17-31(21-9-13-28-14-10-21)25(33)19-7-11-27-12-8-19/h1-6,9-10,13-15,19,23,27,29H,7-8,11-12,16-17H2,(H,30,32)(H,34,35). The van der Waals surface area contributed by atoms with Crippen LogP contribution in [0.4, 0.5) is 5.69 Å². The first-order chi connectivity index (χ1) is 18.2. The van der Waals surface area contributed by atoms with E-state index in [2.05, 4.69) is 20.3 Å². The summed E-state index contributed by atoms with van der Waals surface area (Å²) in [4.78, 5) is 43.3. The number of fused-ring (bicyclic) bond motifs is 1. The molecule has 0 radical (unpaired) electrons. The quantitative estimate of drug-likeness (QED) is 0.298. The zero-order valence-electron chi connectivity index (χ0n) is 20.5. The fourth-order valence-electron chi connectivity index (χ4n) is 4.33. The van der Waals surface area contributed by atoms with Gasteiger partial charge in [0.25, 0.3) is 0 Å². The molecule has 1 aliphatic rings. The number of rotatable bonds is 10. The highest BCUT2D eigenvalue weighted by molar-refractivity contribution is 7.89. The molecule has 4 N–H and O–H groups in total. The zero-order valence-corrected chi connectivity index (χ0v) is 21.4. The lowest BCUT2D eigenvalue weighted by atomic mass is 9.96. The normalized spacial score (nSPS) is 15.1. The zero-order chi connectivity index (χ0) is 27.1. The van der Waals surface area contributed by atoms with Crippen LogP contribution in [0.15, 0.2) is 71.9 Å². The second kappa shape index (κ2) is 12.1. The number of pyridine rings is 1. The van der Waals surface area contributed by atoms with Crippen molar-refractivity contribution in [1.82, 2.24) is 20.3 Å². The van der Waals surface area contributed by atoms with Crippen LogP contribution in [-0.2, 0) is 24.4 Å². The molecule has 0 aliphatic carbocycles. The Morgan fingerprint density at radius 2 is 1.71 bits per heavy atom. The molecule has 1 fully saturated rings. The van der Waals surface area contributed by atoms with Gasteiger partial charge >= 0.3 is 5.97 Å². The van der Waals surface area contributed by atoms with Gasteiger partial charge in [0.2, 0.25) is 21.8 Å². The smallest absolute Gasteiger partial charge is 0.328 e. The van der Waals surface area contributed by atoms with E-state index >= 15 is 0 Å². The number of nitrogens with zero attached hydrogens (tertiary/aromatic N) is 2. The van der Waals surface area contributed by atoms with Crippen LogP contribution in [0, 0.1) is 5.92 Å². The summed E-state index contributed by atoms with van der Waals surface area (Å²) >= 11 is 0. The Hall–Kier alpha value is -3.87. The summed E-state index contributed by atoms with van der Waals surface area (Å²) in [5.74, 6) is -2.72. The summed E-state index contributed by atoms with van der Waals surface area (Å²) in [7, 11) is -4.03. The SMILES string of the molecule is O=C(CNS(=O)(=O)c1ccc2ccccc2c1)NC(CN(C(=O)C1CCNCC1)c1ccncc1)C(=O)O. The van der Waals surface area contributed by atoms with Crippen molar-refractivity contribution < 1.29 is 27.9 Å². The molecule has 38 heavy (non-hydrogen) atoms. The molecule has 4 rings (SSSR count). The summed E-state index contributed by atoms with van der Waals surface area (Å²) in [5.41, 5.74) is 0.459. The predicted molar refractivity (Wildman–Crippen MR) is 141 cm³/mol. The van der Waals surface area contributed by atoms with Crippen LogP contribution >= 0.6 is 0 Å². The minimum absolute atomic E-state index is 0.0183. The minimum Gasteiger partial charge on any atom is -0.480 e. The number of sulfonamides is 1. The number of aromatic nitrogens is 1. The maximum atomic E-state index is 13.3. The molecule has 0 spiro atoms. The van der Waals surface area contributed by atoms with Gasteiger partial charge in [-0.2, -0.15) is 0 Å². The second-order valence-corrected chi connectivity index (χ2v) is 10.7. The average molecular weight is 540 g/mol. The van der Waals surface area contributed by atoms with Crippen molar-refractivity contribution in [3.63, 3.8) is 0 Å². The van der Waals surface area contributed by atoms with Crippen LogP contribution in [0.1, 0.15) is 12.8 Å². The molecule has 1 saturated heterocycles. The molecule has 3 aromatic rings. The van der Waals surface area contributed by atoms with Crippen molar-refractivity contribution >= 4 is 44.3 Å². The molecular formula is C26H29N5O6S. The number of aliphatic carboxylic acids is 1. The Morgan fingerprint density at radius 3 is 2.39 bits per heavy atom. The van der Waals surface area contributed by atoms with Gasteiger partial charge in [0.05, 0.1) is 18.0 Å². The molecule has 11 nitrogen and oxygen atoms in total. The van der Waals surface area contributed by atoms with Gasteiger partial charge in [-0.25, -0.2) is 17.9 Å². The highest BCUT2D eigenvalue weighted by Gasteiger charge is 2.31. The van der Waals surface area contributed by atoms with Gasteiger partial charge in [0, 0.05) is 24.0 Å².